The molecule has 0 bridgehead atoms. The van der Waals surface area contributed by atoms with E-state index in [2.05, 4.69) is 63.2 Å². The van der Waals surface area contributed by atoms with Crippen molar-refractivity contribution in [1.82, 2.24) is 0 Å². The van der Waals surface area contributed by atoms with E-state index >= 15 is 0 Å². The zero-order chi connectivity index (χ0) is 17.6. The van der Waals surface area contributed by atoms with E-state index in [4.69, 9.17) is 9.47 Å². The number of unbranched alkanes of at least 4 members (excludes halogenated alkanes) is 1. The Morgan fingerprint density at radius 1 is 0.960 bits per heavy atom. The van der Waals surface area contributed by atoms with Crippen LogP contribution >= 0.6 is 0 Å². The summed E-state index contributed by atoms with van der Waals surface area (Å²) in [5.41, 5.74) is 6.38. The first-order chi connectivity index (χ1) is 12.2. The van der Waals surface area contributed by atoms with Gasteiger partial charge in [-0.3, -0.25) is 0 Å². The molecule has 1 aliphatic heterocycles. The molecule has 3 rings (SSSR count). The van der Waals surface area contributed by atoms with Gasteiger partial charge in [0, 0.05) is 11.5 Å². The second-order valence-corrected chi connectivity index (χ2v) is 7.15. The van der Waals surface area contributed by atoms with Gasteiger partial charge in [0.2, 0.25) is 0 Å². The largest absolute Gasteiger partial charge is 0.348 e. The average molecular weight is 338 g/mol. The van der Waals surface area contributed by atoms with Crippen molar-refractivity contribution in [2.75, 3.05) is 13.2 Å². The van der Waals surface area contributed by atoms with Crippen LogP contribution in [0.4, 0.5) is 0 Å². The molecule has 2 aromatic rings. The minimum Gasteiger partial charge on any atom is -0.348 e. The summed E-state index contributed by atoms with van der Waals surface area (Å²) in [5, 5.41) is 0. The lowest BCUT2D eigenvalue weighted by molar-refractivity contribution is -0.205. The highest BCUT2D eigenvalue weighted by molar-refractivity contribution is 5.67. The SMILES string of the molecule is CCCCc1ccc(-c2ccc(C3OCC(CC)CO3)cc2C)cc1. The van der Waals surface area contributed by atoms with Crippen molar-refractivity contribution in [2.45, 2.75) is 52.7 Å². The summed E-state index contributed by atoms with van der Waals surface area (Å²) in [6.07, 6.45) is 4.56. The van der Waals surface area contributed by atoms with Gasteiger partial charge in [-0.25, -0.2) is 0 Å². The molecule has 1 saturated heterocycles. The van der Waals surface area contributed by atoms with Crippen LogP contribution in [0.3, 0.4) is 0 Å². The molecule has 1 heterocycles. The molecule has 0 aromatic heterocycles. The first kappa shape index (κ1) is 18.2. The van der Waals surface area contributed by atoms with Crippen LogP contribution in [0.25, 0.3) is 11.1 Å². The number of aryl methyl sites for hydroxylation is 2. The fraction of sp³-hybridized carbons (Fsp3) is 0.478. The normalized spacial score (nSPS) is 20.6. The highest BCUT2D eigenvalue weighted by atomic mass is 16.7. The van der Waals surface area contributed by atoms with Crippen molar-refractivity contribution in [3.05, 3.63) is 59.2 Å². The topological polar surface area (TPSA) is 18.5 Å². The predicted molar refractivity (Wildman–Crippen MR) is 104 cm³/mol. The molecule has 2 heteroatoms. The van der Waals surface area contributed by atoms with E-state index in [1.807, 2.05) is 0 Å². The Morgan fingerprint density at radius 3 is 2.28 bits per heavy atom. The van der Waals surface area contributed by atoms with Crippen LogP contribution in [0, 0.1) is 12.8 Å². The van der Waals surface area contributed by atoms with Crippen molar-refractivity contribution < 1.29 is 9.47 Å². The van der Waals surface area contributed by atoms with E-state index in [1.54, 1.807) is 0 Å². The van der Waals surface area contributed by atoms with E-state index in [1.165, 1.54) is 41.5 Å². The molecule has 1 fully saturated rings. The molecule has 0 saturated carbocycles. The second-order valence-electron chi connectivity index (χ2n) is 7.15. The minimum absolute atomic E-state index is 0.216. The highest BCUT2D eigenvalue weighted by Gasteiger charge is 2.22. The highest BCUT2D eigenvalue weighted by Crippen LogP contribution is 2.31. The minimum atomic E-state index is -0.216. The molecule has 0 radical (unpaired) electrons. The standard InChI is InChI=1S/C23H30O2/c1-4-6-7-19-8-10-20(11-9-19)22-13-12-21(14-17(22)3)23-24-15-18(5-2)16-25-23/h8-14,18,23H,4-7,15-16H2,1-3H3. The van der Waals surface area contributed by atoms with Crippen molar-refractivity contribution in [2.24, 2.45) is 5.92 Å². The smallest absolute Gasteiger partial charge is 0.183 e. The number of ether oxygens (including phenoxy) is 2. The van der Waals surface area contributed by atoms with Gasteiger partial charge in [0.05, 0.1) is 13.2 Å². The van der Waals surface area contributed by atoms with Crippen LogP contribution in [-0.2, 0) is 15.9 Å². The first-order valence-electron chi connectivity index (χ1n) is 9.64. The van der Waals surface area contributed by atoms with Gasteiger partial charge >= 0.3 is 0 Å². The van der Waals surface area contributed by atoms with Crippen molar-refractivity contribution in [1.29, 1.82) is 0 Å². The summed E-state index contributed by atoms with van der Waals surface area (Å²) in [7, 11) is 0. The number of hydrogen-bond donors (Lipinski definition) is 0. The lowest BCUT2D eigenvalue weighted by Crippen LogP contribution is -2.26. The Kier molecular flexibility index (Phi) is 6.28. The Hall–Kier alpha value is -1.64. The van der Waals surface area contributed by atoms with Crippen LogP contribution < -0.4 is 0 Å². The van der Waals surface area contributed by atoms with Crippen molar-refractivity contribution in [3.63, 3.8) is 0 Å². The van der Waals surface area contributed by atoms with Crippen molar-refractivity contribution in [3.8, 4) is 11.1 Å². The summed E-state index contributed by atoms with van der Waals surface area (Å²) in [5.74, 6) is 0.530. The lowest BCUT2D eigenvalue weighted by atomic mass is 9.96. The lowest BCUT2D eigenvalue weighted by Gasteiger charge is -2.29. The molecule has 134 valence electrons. The van der Waals surface area contributed by atoms with Gasteiger partial charge in [0.25, 0.3) is 0 Å². The zero-order valence-electron chi connectivity index (χ0n) is 15.8. The van der Waals surface area contributed by atoms with E-state index in [-0.39, 0.29) is 6.29 Å². The summed E-state index contributed by atoms with van der Waals surface area (Å²) in [4.78, 5) is 0. The van der Waals surface area contributed by atoms with Crippen LogP contribution in [0.15, 0.2) is 42.5 Å². The maximum Gasteiger partial charge on any atom is 0.183 e. The van der Waals surface area contributed by atoms with Gasteiger partial charge in [-0.05, 0) is 48.4 Å². The fourth-order valence-corrected chi connectivity index (χ4v) is 3.36. The molecule has 2 nitrogen and oxygen atoms in total. The molecule has 0 amide bonds. The molecule has 0 spiro atoms. The van der Waals surface area contributed by atoms with E-state index in [0.717, 1.165) is 25.2 Å². The van der Waals surface area contributed by atoms with E-state index in [0.29, 0.717) is 5.92 Å². The Balaban J connectivity index is 1.71. The zero-order valence-corrected chi connectivity index (χ0v) is 15.8. The van der Waals surface area contributed by atoms with Gasteiger partial charge in [0.1, 0.15) is 0 Å². The average Bonchev–Trinajstić information content (AvgIpc) is 2.67. The molecular formula is C23H30O2. The Morgan fingerprint density at radius 2 is 1.68 bits per heavy atom. The third-order valence-electron chi connectivity index (χ3n) is 5.15. The number of rotatable bonds is 6. The molecule has 2 aromatic carbocycles. The third-order valence-corrected chi connectivity index (χ3v) is 5.15. The van der Waals surface area contributed by atoms with Gasteiger partial charge in [-0.2, -0.15) is 0 Å². The second kappa shape index (κ2) is 8.64. The van der Waals surface area contributed by atoms with Crippen LogP contribution in [0.1, 0.15) is 56.1 Å². The number of hydrogen-bond acceptors (Lipinski definition) is 2. The number of benzene rings is 2. The molecule has 0 aliphatic carbocycles. The molecule has 0 N–H and O–H groups in total. The predicted octanol–water partition coefficient (Wildman–Crippen LogP) is 6.08. The van der Waals surface area contributed by atoms with Crippen LogP contribution in [-0.4, -0.2) is 13.2 Å². The van der Waals surface area contributed by atoms with E-state index in [9.17, 15) is 0 Å². The Labute approximate surface area is 152 Å². The quantitative estimate of drug-likeness (QED) is 0.636. The monoisotopic (exact) mass is 338 g/mol. The summed E-state index contributed by atoms with van der Waals surface area (Å²) in [6.45, 7) is 8.18. The molecule has 1 aliphatic rings. The molecule has 0 atom stereocenters. The summed E-state index contributed by atoms with van der Waals surface area (Å²) >= 11 is 0. The molecule has 0 unspecified atom stereocenters. The first-order valence-corrected chi connectivity index (χ1v) is 9.64. The molecular weight excluding hydrogens is 308 g/mol. The third kappa shape index (κ3) is 4.50. The van der Waals surface area contributed by atoms with Crippen molar-refractivity contribution >= 4 is 0 Å². The van der Waals surface area contributed by atoms with Gasteiger partial charge in [-0.15, -0.1) is 0 Å². The maximum atomic E-state index is 5.90. The van der Waals surface area contributed by atoms with Gasteiger partial charge < -0.3 is 9.47 Å². The fourth-order valence-electron chi connectivity index (χ4n) is 3.36. The van der Waals surface area contributed by atoms with E-state index < -0.39 is 0 Å². The van der Waals surface area contributed by atoms with Crippen LogP contribution in [0.5, 0.6) is 0 Å². The Bertz CT molecular complexity index is 667. The van der Waals surface area contributed by atoms with Gasteiger partial charge in [0.15, 0.2) is 6.29 Å². The summed E-state index contributed by atoms with van der Waals surface area (Å²) < 4.78 is 11.8. The summed E-state index contributed by atoms with van der Waals surface area (Å²) in [6, 6.07) is 15.6. The van der Waals surface area contributed by atoms with Crippen LogP contribution in [0.2, 0.25) is 0 Å². The van der Waals surface area contributed by atoms with Gasteiger partial charge in [-0.1, -0.05) is 62.7 Å². The maximum absolute atomic E-state index is 5.90. The molecule has 25 heavy (non-hydrogen) atoms.